The second kappa shape index (κ2) is 7.30. The quantitative estimate of drug-likeness (QED) is 0.701. The Morgan fingerprint density at radius 2 is 2.04 bits per heavy atom. The SMILES string of the molecule is COCCNc1cc(-c2cncc(-c3cccs3)c2)nc(C)n1. The molecule has 0 radical (unpaired) electrons. The van der Waals surface area contributed by atoms with E-state index in [0.717, 1.165) is 28.5 Å². The second-order valence-electron chi connectivity index (χ2n) is 5.04. The minimum atomic E-state index is 0.633. The van der Waals surface area contributed by atoms with Gasteiger partial charge in [-0.1, -0.05) is 6.07 Å². The molecule has 0 unspecified atom stereocenters. The van der Waals surface area contributed by atoms with Crippen LogP contribution in [0.15, 0.2) is 42.0 Å². The fourth-order valence-electron chi connectivity index (χ4n) is 2.24. The molecular weight excluding hydrogens is 308 g/mol. The van der Waals surface area contributed by atoms with Crippen molar-refractivity contribution in [2.24, 2.45) is 0 Å². The summed E-state index contributed by atoms with van der Waals surface area (Å²) in [5, 5.41) is 5.31. The fraction of sp³-hybridized carbons (Fsp3) is 0.235. The van der Waals surface area contributed by atoms with Gasteiger partial charge in [-0.25, -0.2) is 9.97 Å². The van der Waals surface area contributed by atoms with Gasteiger partial charge in [0.2, 0.25) is 0 Å². The molecule has 0 atom stereocenters. The van der Waals surface area contributed by atoms with Gasteiger partial charge in [-0.05, 0) is 24.4 Å². The lowest BCUT2D eigenvalue weighted by Crippen LogP contribution is -2.09. The number of pyridine rings is 1. The first-order valence-corrected chi connectivity index (χ1v) is 8.22. The molecule has 6 heteroatoms. The van der Waals surface area contributed by atoms with E-state index in [1.165, 1.54) is 4.88 Å². The Kier molecular flexibility index (Phi) is 4.95. The number of rotatable bonds is 6. The maximum atomic E-state index is 5.05. The molecular formula is C17H18N4OS. The summed E-state index contributed by atoms with van der Waals surface area (Å²) in [7, 11) is 1.68. The first-order valence-electron chi connectivity index (χ1n) is 7.34. The predicted molar refractivity (Wildman–Crippen MR) is 93.7 cm³/mol. The lowest BCUT2D eigenvalue weighted by atomic mass is 10.1. The highest BCUT2D eigenvalue weighted by molar-refractivity contribution is 7.13. The zero-order valence-corrected chi connectivity index (χ0v) is 13.9. The third-order valence-corrected chi connectivity index (χ3v) is 4.21. The van der Waals surface area contributed by atoms with Gasteiger partial charge >= 0.3 is 0 Å². The van der Waals surface area contributed by atoms with E-state index < -0.39 is 0 Å². The zero-order chi connectivity index (χ0) is 16.1. The topological polar surface area (TPSA) is 59.9 Å². The van der Waals surface area contributed by atoms with Crippen LogP contribution in [0, 0.1) is 6.92 Å². The van der Waals surface area contributed by atoms with Gasteiger partial charge in [0, 0.05) is 48.1 Å². The van der Waals surface area contributed by atoms with Crippen molar-refractivity contribution in [3.05, 3.63) is 47.9 Å². The van der Waals surface area contributed by atoms with Crippen LogP contribution >= 0.6 is 11.3 Å². The summed E-state index contributed by atoms with van der Waals surface area (Å²) in [6, 6.07) is 8.19. The minimum Gasteiger partial charge on any atom is -0.383 e. The van der Waals surface area contributed by atoms with Crippen LogP contribution in [0.3, 0.4) is 0 Å². The van der Waals surface area contributed by atoms with Crippen molar-refractivity contribution in [3.8, 4) is 21.7 Å². The Hall–Kier alpha value is -2.31. The van der Waals surface area contributed by atoms with Gasteiger partial charge in [0.1, 0.15) is 11.6 Å². The number of aromatic nitrogens is 3. The van der Waals surface area contributed by atoms with Gasteiger partial charge in [-0.2, -0.15) is 0 Å². The summed E-state index contributed by atoms with van der Waals surface area (Å²) in [5.41, 5.74) is 2.95. The number of methoxy groups -OCH3 is 1. The largest absolute Gasteiger partial charge is 0.383 e. The highest BCUT2D eigenvalue weighted by Crippen LogP contribution is 2.28. The number of anilines is 1. The van der Waals surface area contributed by atoms with Crippen LogP contribution in [0.2, 0.25) is 0 Å². The summed E-state index contributed by atoms with van der Waals surface area (Å²) < 4.78 is 5.05. The number of thiophene rings is 1. The molecule has 23 heavy (non-hydrogen) atoms. The number of hydrogen-bond acceptors (Lipinski definition) is 6. The number of hydrogen-bond donors (Lipinski definition) is 1. The van der Waals surface area contributed by atoms with Crippen LogP contribution in [0.4, 0.5) is 5.82 Å². The molecule has 3 aromatic heterocycles. The van der Waals surface area contributed by atoms with Crippen molar-refractivity contribution in [1.82, 2.24) is 15.0 Å². The smallest absolute Gasteiger partial charge is 0.130 e. The van der Waals surface area contributed by atoms with Crippen LogP contribution < -0.4 is 5.32 Å². The highest BCUT2D eigenvalue weighted by atomic mass is 32.1. The first-order chi connectivity index (χ1) is 11.3. The fourth-order valence-corrected chi connectivity index (χ4v) is 2.95. The molecule has 0 saturated heterocycles. The number of nitrogens with one attached hydrogen (secondary N) is 1. The number of nitrogens with zero attached hydrogens (tertiary/aromatic N) is 3. The average molecular weight is 326 g/mol. The summed E-state index contributed by atoms with van der Waals surface area (Å²) >= 11 is 1.70. The summed E-state index contributed by atoms with van der Waals surface area (Å²) in [6.45, 7) is 3.23. The molecule has 0 saturated carbocycles. The Labute approximate surface area is 139 Å². The summed E-state index contributed by atoms with van der Waals surface area (Å²) in [5.74, 6) is 1.52. The zero-order valence-electron chi connectivity index (χ0n) is 13.1. The Morgan fingerprint density at radius 3 is 2.83 bits per heavy atom. The maximum Gasteiger partial charge on any atom is 0.130 e. The van der Waals surface area contributed by atoms with Crippen LogP contribution in [-0.4, -0.2) is 35.2 Å². The van der Waals surface area contributed by atoms with E-state index in [-0.39, 0.29) is 0 Å². The standard InChI is InChI=1S/C17H18N4OS/c1-12-20-15(9-17(21-12)19-5-6-22-2)13-8-14(11-18-10-13)16-4-3-7-23-16/h3-4,7-11H,5-6H2,1-2H3,(H,19,20,21). The monoisotopic (exact) mass is 326 g/mol. The molecule has 3 heterocycles. The Balaban J connectivity index is 1.90. The molecule has 0 spiro atoms. The van der Waals surface area contributed by atoms with Crippen LogP contribution in [-0.2, 0) is 4.74 Å². The molecule has 0 aliphatic carbocycles. The van der Waals surface area contributed by atoms with Crippen molar-refractivity contribution < 1.29 is 4.74 Å². The van der Waals surface area contributed by atoms with Crippen LogP contribution in [0.5, 0.6) is 0 Å². The maximum absolute atomic E-state index is 5.05. The van der Waals surface area contributed by atoms with Crippen molar-refractivity contribution in [1.29, 1.82) is 0 Å². The summed E-state index contributed by atoms with van der Waals surface area (Å²) in [4.78, 5) is 14.5. The molecule has 0 bridgehead atoms. The van der Waals surface area contributed by atoms with Gasteiger partial charge in [0.25, 0.3) is 0 Å². The molecule has 118 valence electrons. The van der Waals surface area contributed by atoms with E-state index in [0.29, 0.717) is 13.2 Å². The summed E-state index contributed by atoms with van der Waals surface area (Å²) in [6.07, 6.45) is 3.71. The molecule has 0 amide bonds. The molecule has 3 aromatic rings. The number of aryl methyl sites for hydroxylation is 1. The van der Waals surface area contributed by atoms with Crippen LogP contribution in [0.25, 0.3) is 21.7 Å². The first kappa shape index (κ1) is 15.6. The molecule has 0 fully saturated rings. The molecule has 0 aliphatic rings. The third kappa shape index (κ3) is 3.91. The Morgan fingerprint density at radius 1 is 1.17 bits per heavy atom. The Bertz CT molecular complexity index is 774. The van der Waals surface area contributed by atoms with Crippen molar-refractivity contribution in [2.45, 2.75) is 6.92 Å². The minimum absolute atomic E-state index is 0.633. The van der Waals surface area contributed by atoms with Crippen molar-refractivity contribution in [3.63, 3.8) is 0 Å². The van der Waals surface area contributed by atoms with Gasteiger partial charge < -0.3 is 10.1 Å². The lowest BCUT2D eigenvalue weighted by molar-refractivity contribution is 0.210. The van der Waals surface area contributed by atoms with E-state index in [9.17, 15) is 0 Å². The van der Waals surface area contributed by atoms with Gasteiger partial charge in [0.05, 0.1) is 12.3 Å². The molecule has 0 aromatic carbocycles. The van der Waals surface area contributed by atoms with Gasteiger partial charge in [0.15, 0.2) is 0 Å². The molecule has 3 rings (SSSR count). The van der Waals surface area contributed by atoms with Gasteiger partial charge in [-0.15, -0.1) is 11.3 Å². The van der Waals surface area contributed by atoms with E-state index in [1.807, 2.05) is 31.5 Å². The van der Waals surface area contributed by atoms with E-state index >= 15 is 0 Å². The van der Waals surface area contributed by atoms with Crippen LogP contribution in [0.1, 0.15) is 5.82 Å². The number of ether oxygens (including phenoxy) is 1. The van der Waals surface area contributed by atoms with Crippen molar-refractivity contribution >= 4 is 17.2 Å². The van der Waals surface area contributed by atoms with Crippen molar-refractivity contribution in [2.75, 3.05) is 25.6 Å². The average Bonchev–Trinajstić information content (AvgIpc) is 3.09. The molecule has 0 aliphatic heterocycles. The normalized spacial score (nSPS) is 10.7. The molecule has 1 N–H and O–H groups in total. The van der Waals surface area contributed by atoms with E-state index in [2.05, 4.69) is 37.8 Å². The second-order valence-corrected chi connectivity index (χ2v) is 5.99. The molecule has 5 nitrogen and oxygen atoms in total. The lowest BCUT2D eigenvalue weighted by Gasteiger charge is -2.09. The highest BCUT2D eigenvalue weighted by Gasteiger charge is 2.07. The van der Waals surface area contributed by atoms with E-state index in [1.54, 1.807) is 18.4 Å². The predicted octanol–water partition coefficient (Wildman–Crippen LogP) is 3.63. The van der Waals surface area contributed by atoms with Gasteiger partial charge in [-0.3, -0.25) is 4.98 Å². The van der Waals surface area contributed by atoms with E-state index in [4.69, 9.17) is 4.74 Å². The third-order valence-electron chi connectivity index (χ3n) is 3.29.